The predicted molar refractivity (Wildman–Crippen MR) is 76.3 cm³/mol. The lowest BCUT2D eigenvalue weighted by molar-refractivity contribution is -0.0493. The molecular weight excluding hydrogens is 296 g/mol. The molecule has 2 saturated heterocycles. The summed E-state index contributed by atoms with van der Waals surface area (Å²) in [5.74, 6) is 0.512. The van der Waals surface area contributed by atoms with Crippen LogP contribution in [0.3, 0.4) is 0 Å². The number of alkyl halides is 2. The highest BCUT2D eigenvalue weighted by atomic mass is 19.3. The highest BCUT2D eigenvalue weighted by Gasteiger charge is 2.41. The summed E-state index contributed by atoms with van der Waals surface area (Å²) in [5.41, 5.74) is 6.56. The average molecular weight is 313 g/mol. The van der Waals surface area contributed by atoms with Crippen LogP contribution in [0.1, 0.15) is 0 Å². The van der Waals surface area contributed by atoms with Gasteiger partial charge in [0.1, 0.15) is 0 Å². The van der Waals surface area contributed by atoms with Crippen molar-refractivity contribution in [3.05, 3.63) is 18.2 Å². The topological polar surface area (TPSA) is 79.0 Å². The predicted octanol–water partition coefficient (Wildman–Crippen LogP) is 1.92. The van der Waals surface area contributed by atoms with Gasteiger partial charge in [0, 0.05) is 49.8 Å². The Morgan fingerprint density at radius 2 is 1.91 bits per heavy atom. The second kappa shape index (κ2) is 5.51. The van der Waals surface area contributed by atoms with E-state index in [4.69, 9.17) is 10.8 Å². The van der Waals surface area contributed by atoms with Crippen molar-refractivity contribution in [2.45, 2.75) is 6.61 Å². The third kappa shape index (κ3) is 2.72. The van der Waals surface area contributed by atoms with E-state index in [0.29, 0.717) is 26.2 Å². The largest absolute Gasteiger partial charge is 0.465 e. The zero-order chi connectivity index (χ0) is 15.9. The van der Waals surface area contributed by atoms with Gasteiger partial charge in [-0.2, -0.15) is 8.78 Å². The first kappa shape index (κ1) is 14.7. The summed E-state index contributed by atoms with van der Waals surface area (Å²) in [7, 11) is 0. The molecule has 0 radical (unpaired) electrons. The molecule has 2 aliphatic rings. The number of hydrogen-bond donors (Lipinski definition) is 2. The molecule has 0 aromatic heterocycles. The van der Waals surface area contributed by atoms with E-state index < -0.39 is 12.7 Å². The lowest BCUT2D eigenvalue weighted by Gasteiger charge is -2.22. The van der Waals surface area contributed by atoms with E-state index in [-0.39, 0.29) is 23.3 Å². The monoisotopic (exact) mass is 313 g/mol. The first-order valence-corrected chi connectivity index (χ1v) is 7.01. The van der Waals surface area contributed by atoms with Crippen molar-refractivity contribution in [1.82, 2.24) is 4.90 Å². The van der Waals surface area contributed by atoms with Gasteiger partial charge in [-0.3, -0.25) is 0 Å². The second-order valence-electron chi connectivity index (χ2n) is 5.71. The Morgan fingerprint density at radius 1 is 1.27 bits per heavy atom. The van der Waals surface area contributed by atoms with Crippen LogP contribution in [-0.2, 0) is 0 Å². The van der Waals surface area contributed by atoms with Crippen LogP contribution in [0.5, 0.6) is 5.75 Å². The molecule has 2 aliphatic heterocycles. The summed E-state index contributed by atoms with van der Waals surface area (Å²) in [4.78, 5) is 14.5. The van der Waals surface area contributed by atoms with Gasteiger partial charge in [-0.15, -0.1) is 0 Å². The third-order valence-corrected chi connectivity index (χ3v) is 4.34. The van der Waals surface area contributed by atoms with E-state index in [1.807, 2.05) is 0 Å². The highest BCUT2D eigenvalue weighted by Crippen LogP contribution is 2.36. The molecule has 2 fully saturated rings. The van der Waals surface area contributed by atoms with Crippen molar-refractivity contribution in [2.75, 3.05) is 36.8 Å². The first-order valence-electron chi connectivity index (χ1n) is 7.01. The first-order chi connectivity index (χ1) is 10.4. The van der Waals surface area contributed by atoms with Crippen molar-refractivity contribution >= 4 is 17.5 Å². The number of carbonyl (C=O) groups is 1. The molecule has 120 valence electrons. The number of benzene rings is 1. The quantitative estimate of drug-likeness (QED) is 0.834. The number of nitrogen functional groups attached to an aromatic ring is 1. The van der Waals surface area contributed by atoms with Gasteiger partial charge in [-0.1, -0.05) is 0 Å². The number of carboxylic acid groups (broad SMARTS) is 1. The molecule has 0 bridgehead atoms. The fourth-order valence-electron chi connectivity index (χ4n) is 3.28. The third-order valence-electron chi connectivity index (χ3n) is 4.34. The summed E-state index contributed by atoms with van der Waals surface area (Å²) < 4.78 is 29.1. The Bertz CT molecular complexity index is 570. The smallest absolute Gasteiger partial charge is 0.407 e. The van der Waals surface area contributed by atoms with E-state index in [9.17, 15) is 13.6 Å². The maximum Gasteiger partial charge on any atom is 0.407 e. The molecule has 8 heteroatoms. The minimum atomic E-state index is -2.92. The number of amides is 1. The molecule has 0 spiro atoms. The molecular formula is C14H17F2N3O3. The van der Waals surface area contributed by atoms with Crippen LogP contribution in [-0.4, -0.2) is 48.9 Å². The van der Waals surface area contributed by atoms with Crippen LogP contribution in [0.4, 0.5) is 25.0 Å². The molecule has 0 unspecified atom stereocenters. The van der Waals surface area contributed by atoms with Crippen molar-refractivity contribution < 1.29 is 23.4 Å². The van der Waals surface area contributed by atoms with Gasteiger partial charge in [0.05, 0.1) is 5.69 Å². The van der Waals surface area contributed by atoms with Crippen LogP contribution in [0.25, 0.3) is 0 Å². The Balaban J connectivity index is 1.71. The molecule has 0 saturated carbocycles. The molecule has 22 heavy (non-hydrogen) atoms. The molecule has 3 rings (SSSR count). The van der Waals surface area contributed by atoms with E-state index in [0.717, 1.165) is 5.69 Å². The Hall–Kier alpha value is -2.25. The summed E-state index contributed by atoms with van der Waals surface area (Å²) in [6, 6.07) is 4.83. The normalized spacial score (nSPS) is 24.0. The molecule has 1 amide bonds. The van der Waals surface area contributed by atoms with Crippen LogP contribution >= 0.6 is 0 Å². The standard InChI is InChI=1S/C14H17F2N3O3/c15-13(16)22-12-3-10(1-2-11(12)17)18-4-8-6-19(14(20)21)7-9(8)5-18/h1-3,8-9,13H,4-7,17H2,(H,20,21)/t8-,9+. The van der Waals surface area contributed by atoms with Gasteiger partial charge in [0.2, 0.25) is 0 Å². The minimum absolute atomic E-state index is 0.0308. The molecule has 0 aliphatic carbocycles. The fourth-order valence-corrected chi connectivity index (χ4v) is 3.28. The van der Waals surface area contributed by atoms with Gasteiger partial charge in [0.15, 0.2) is 5.75 Å². The summed E-state index contributed by atoms with van der Waals surface area (Å²) >= 11 is 0. The molecule has 2 atom stereocenters. The zero-order valence-corrected chi connectivity index (χ0v) is 11.8. The van der Waals surface area contributed by atoms with Gasteiger partial charge < -0.3 is 25.4 Å². The summed E-state index contributed by atoms with van der Waals surface area (Å²) in [6.45, 7) is -0.476. The summed E-state index contributed by atoms with van der Waals surface area (Å²) in [6.07, 6.45) is -0.888. The molecule has 1 aromatic rings. The number of likely N-dealkylation sites (tertiary alicyclic amines) is 1. The Morgan fingerprint density at radius 3 is 2.45 bits per heavy atom. The van der Waals surface area contributed by atoms with E-state index >= 15 is 0 Å². The number of hydrogen-bond acceptors (Lipinski definition) is 4. The van der Waals surface area contributed by atoms with Gasteiger partial charge in [0.25, 0.3) is 0 Å². The molecule has 6 nitrogen and oxygen atoms in total. The lowest BCUT2D eigenvalue weighted by atomic mass is 10.0. The van der Waals surface area contributed by atoms with Gasteiger partial charge >= 0.3 is 12.7 Å². The SMILES string of the molecule is Nc1ccc(N2C[C@H]3CN(C(=O)O)C[C@H]3C2)cc1OC(F)F. The van der Waals surface area contributed by atoms with Crippen molar-refractivity contribution in [3.8, 4) is 5.75 Å². The fraction of sp³-hybridized carbons (Fsp3) is 0.500. The molecule has 3 N–H and O–H groups in total. The minimum Gasteiger partial charge on any atom is -0.465 e. The average Bonchev–Trinajstić information content (AvgIpc) is 2.99. The zero-order valence-electron chi connectivity index (χ0n) is 11.8. The van der Waals surface area contributed by atoms with Gasteiger partial charge in [-0.05, 0) is 12.1 Å². The van der Waals surface area contributed by atoms with Crippen molar-refractivity contribution in [1.29, 1.82) is 0 Å². The number of anilines is 2. The van der Waals surface area contributed by atoms with Crippen LogP contribution < -0.4 is 15.4 Å². The van der Waals surface area contributed by atoms with Crippen molar-refractivity contribution in [2.24, 2.45) is 11.8 Å². The van der Waals surface area contributed by atoms with Crippen LogP contribution in [0.15, 0.2) is 18.2 Å². The number of rotatable bonds is 3. The molecule has 2 heterocycles. The van der Waals surface area contributed by atoms with E-state index in [1.54, 1.807) is 12.1 Å². The number of halogens is 2. The van der Waals surface area contributed by atoms with Crippen LogP contribution in [0.2, 0.25) is 0 Å². The number of ether oxygens (including phenoxy) is 1. The van der Waals surface area contributed by atoms with Crippen molar-refractivity contribution in [3.63, 3.8) is 0 Å². The number of nitrogens with zero attached hydrogens (tertiary/aromatic N) is 2. The number of fused-ring (bicyclic) bond motifs is 1. The maximum atomic E-state index is 12.4. The second-order valence-corrected chi connectivity index (χ2v) is 5.71. The highest BCUT2D eigenvalue weighted by molar-refractivity contribution is 5.66. The lowest BCUT2D eigenvalue weighted by Crippen LogP contribution is -2.32. The van der Waals surface area contributed by atoms with Gasteiger partial charge in [-0.25, -0.2) is 4.79 Å². The Kier molecular flexibility index (Phi) is 3.67. The van der Waals surface area contributed by atoms with Crippen LogP contribution in [0, 0.1) is 11.8 Å². The molecule has 1 aromatic carbocycles. The maximum absolute atomic E-state index is 12.4. The Labute approximate surface area is 126 Å². The van der Waals surface area contributed by atoms with E-state index in [2.05, 4.69) is 9.64 Å². The number of nitrogens with two attached hydrogens (primary N) is 1. The summed E-state index contributed by atoms with van der Waals surface area (Å²) in [5, 5.41) is 9.01. The van der Waals surface area contributed by atoms with E-state index in [1.165, 1.54) is 11.0 Å².